The number of carbonyl (C=O) groups excluding carboxylic acids is 1. The molecule has 3 nitrogen and oxygen atoms in total. The molecule has 22 heavy (non-hydrogen) atoms. The molecule has 0 unspecified atom stereocenters. The van der Waals surface area contributed by atoms with Gasteiger partial charge >= 0.3 is 0 Å². The van der Waals surface area contributed by atoms with Crippen molar-refractivity contribution in [2.75, 3.05) is 5.75 Å². The summed E-state index contributed by atoms with van der Waals surface area (Å²) >= 11 is 1.49. The van der Waals surface area contributed by atoms with Crippen LogP contribution >= 0.6 is 11.8 Å². The lowest BCUT2D eigenvalue weighted by atomic mass is 9.88. The van der Waals surface area contributed by atoms with Gasteiger partial charge in [0.1, 0.15) is 6.04 Å². The lowest BCUT2D eigenvalue weighted by Gasteiger charge is -2.25. The van der Waals surface area contributed by atoms with Crippen molar-refractivity contribution in [1.29, 1.82) is 5.26 Å². The number of rotatable bonds is 4. The smallest absolute Gasteiger partial charge is 0.231 e. The Hall–Kier alpha value is -1.99. The number of nitrogens with one attached hydrogen (secondary N) is 1. The molecule has 0 radical (unpaired) electrons. The van der Waals surface area contributed by atoms with Crippen LogP contribution in [0.2, 0.25) is 0 Å². The molecule has 114 valence electrons. The van der Waals surface area contributed by atoms with Crippen molar-refractivity contribution in [3.05, 3.63) is 42.5 Å². The van der Waals surface area contributed by atoms with Crippen LogP contribution in [0.3, 0.4) is 0 Å². The van der Waals surface area contributed by atoms with Crippen LogP contribution in [0.5, 0.6) is 0 Å². The first-order valence-corrected chi connectivity index (χ1v) is 8.19. The summed E-state index contributed by atoms with van der Waals surface area (Å²) in [7, 11) is 0. The predicted molar refractivity (Wildman–Crippen MR) is 91.7 cm³/mol. The van der Waals surface area contributed by atoms with Gasteiger partial charge in [0.2, 0.25) is 5.91 Å². The number of nitriles is 1. The van der Waals surface area contributed by atoms with E-state index in [1.54, 1.807) is 0 Å². The van der Waals surface area contributed by atoms with Crippen molar-refractivity contribution in [2.24, 2.45) is 5.41 Å². The molecular weight excluding hydrogens is 292 g/mol. The first-order valence-electron chi connectivity index (χ1n) is 7.21. The fourth-order valence-corrected chi connectivity index (χ4v) is 2.81. The Morgan fingerprint density at radius 1 is 1.23 bits per heavy atom. The van der Waals surface area contributed by atoms with E-state index in [9.17, 15) is 4.79 Å². The largest absolute Gasteiger partial charge is 0.339 e. The normalized spacial score (nSPS) is 12.6. The minimum atomic E-state index is -0.475. The highest BCUT2D eigenvalue weighted by Gasteiger charge is 2.25. The van der Waals surface area contributed by atoms with Crippen LogP contribution < -0.4 is 5.32 Å². The Balaban J connectivity index is 1.96. The summed E-state index contributed by atoms with van der Waals surface area (Å²) in [6.45, 7) is 5.83. The van der Waals surface area contributed by atoms with Gasteiger partial charge in [0.05, 0.1) is 11.8 Å². The molecule has 0 saturated heterocycles. The van der Waals surface area contributed by atoms with Crippen molar-refractivity contribution in [3.63, 3.8) is 0 Å². The summed E-state index contributed by atoms with van der Waals surface area (Å²) in [5.74, 6) is 0.201. The molecule has 1 atom stereocenters. The minimum Gasteiger partial charge on any atom is -0.339 e. The quantitative estimate of drug-likeness (QED) is 0.869. The Morgan fingerprint density at radius 2 is 1.91 bits per heavy atom. The highest BCUT2D eigenvalue weighted by molar-refractivity contribution is 8.00. The van der Waals surface area contributed by atoms with Gasteiger partial charge in [0, 0.05) is 4.90 Å². The maximum absolute atomic E-state index is 12.0. The van der Waals surface area contributed by atoms with Gasteiger partial charge in [-0.2, -0.15) is 5.26 Å². The Morgan fingerprint density at radius 3 is 2.55 bits per heavy atom. The zero-order valence-corrected chi connectivity index (χ0v) is 13.9. The van der Waals surface area contributed by atoms with Gasteiger partial charge in [-0.15, -0.1) is 11.8 Å². The van der Waals surface area contributed by atoms with Crippen LogP contribution in [0, 0.1) is 16.7 Å². The number of hydrogen-bond acceptors (Lipinski definition) is 3. The van der Waals surface area contributed by atoms with Crippen LogP contribution in [0.15, 0.2) is 47.4 Å². The maximum Gasteiger partial charge on any atom is 0.231 e. The molecule has 2 aromatic rings. The maximum atomic E-state index is 12.0. The van der Waals surface area contributed by atoms with E-state index >= 15 is 0 Å². The molecule has 2 rings (SSSR count). The van der Waals surface area contributed by atoms with Crippen molar-refractivity contribution < 1.29 is 4.79 Å². The second-order valence-electron chi connectivity index (χ2n) is 6.29. The van der Waals surface area contributed by atoms with Crippen molar-refractivity contribution >= 4 is 28.4 Å². The molecule has 0 bridgehead atoms. The zero-order chi connectivity index (χ0) is 16.2. The average Bonchev–Trinajstić information content (AvgIpc) is 2.49. The summed E-state index contributed by atoms with van der Waals surface area (Å²) in [6.07, 6.45) is 0. The summed E-state index contributed by atoms with van der Waals surface area (Å²) in [5.41, 5.74) is -0.266. The molecule has 0 aliphatic rings. The van der Waals surface area contributed by atoms with E-state index in [-0.39, 0.29) is 11.3 Å². The molecule has 0 spiro atoms. The second kappa shape index (κ2) is 6.85. The molecule has 0 aliphatic carbocycles. The molecule has 0 aliphatic heterocycles. The van der Waals surface area contributed by atoms with Crippen molar-refractivity contribution in [2.45, 2.75) is 31.7 Å². The van der Waals surface area contributed by atoms with Gasteiger partial charge in [-0.1, -0.05) is 51.1 Å². The van der Waals surface area contributed by atoms with Gasteiger partial charge in [-0.05, 0) is 28.3 Å². The van der Waals surface area contributed by atoms with E-state index in [0.29, 0.717) is 5.75 Å². The highest BCUT2D eigenvalue weighted by Crippen LogP contribution is 2.24. The third kappa shape index (κ3) is 4.25. The molecule has 1 amide bonds. The summed E-state index contributed by atoms with van der Waals surface area (Å²) in [4.78, 5) is 13.1. The third-order valence-corrected chi connectivity index (χ3v) is 4.39. The molecule has 1 N–H and O–H groups in total. The fourth-order valence-electron chi connectivity index (χ4n) is 2.05. The Bertz CT molecular complexity index is 713. The lowest BCUT2D eigenvalue weighted by molar-refractivity contribution is -0.119. The van der Waals surface area contributed by atoms with E-state index in [0.717, 1.165) is 10.3 Å². The SMILES string of the molecule is CC(C)(C)[C@@H](C#N)NC(=O)CSc1ccc2ccccc2c1. The van der Waals surface area contributed by atoms with Crippen LogP contribution in [-0.2, 0) is 4.79 Å². The molecule has 4 heteroatoms. The molecule has 0 saturated carbocycles. The van der Waals surface area contributed by atoms with Gasteiger partial charge in [-0.3, -0.25) is 4.79 Å². The van der Waals surface area contributed by atoms with Gasteiger partial charge < -0.3 is 5.32 Å². The van der Waals surface area contributed by atoms with Gasteiger partial charge in [-0.25, -0.2) is 0 Å². The zero-order valence-electron chi connectivity index (χ0n) is 13.1. The predicted octanol–water partition coefficient (Wildman–Crippen LogP) is 3.99. The van der Waals surface area contributed by atoms with Crippen molar-refractivity contribution in [3.8, 4) is 6.07 Å². The summed E-state index contributed by atoms with van der Waals surface area (Å²) in [6, 6.07) is 16.0. The number of carbonyl (C=O) groups is 1. The van der Waals surface area contributed by atoms with Crippen LogP contribution in [0.1, 0.15) is 20.8 Å². The van der Waals surface area contributed by atoms with Gasteiger partial charge in [0.15, 0.2) is 0 Å². The molecular formula is C18H20N2OS. The first-order chi connectivity index (χ1) is 10.4. The Labute approximate surface area is 135 Å². The number of hydrogen-bond donors (Lipinski definition) is 1. The monoisotopic (exact) mass is 312 g/mol. The van der Waals surface area contributed by atoms with E-state index in [1.165, 1.54) is 17.1 Å². The summed E-state index contributed by atoms with van der Waals surface area (Å²) in [5, 5.41) is 14.3. The average molecular weight is 312 g/mol. The van der Waals surface area contributed by atoms with Gasteiger partial charge in [0.25, 0.3) is 0 Å². The Kier molecular flexibility index (Phi) is 5.10. The fraction of sp³-hybridized carbons (Fsp3) is 0.333. The standard InChI is InChI=1S/C18H20N2OS/c1-18(2,3)16(11-19)20-17(21)12-22-15-9-8-13-6-4-5-7-14(13)10-15/h4-10,16H,12H2,1-3H3,(H,20,21)/t16-/m1/s1. The van der Waals surface area contributed by atoms with Crippen LogP contribution in [0.25, 0.3) is 10.8 Å². The number of fused-ring (bicyclic) bond motifs is 1. The molecule has 0 heterocycles. The highest BCUT2D eigenvalue weighted by atomic mass is 32.2. The van der Waals surface area contributed by atoms with E-state index in [1.807, 2.05) is 39.0 Å². The first kappa shape index (κ1) is 16.4. The van der Waals surface area contributed by atoms with Crippen LogP contribution in [0.4, 0.5) is 0 Å². The summed E-state index contributed by atoms with van der Waals surface area (Å²) < 4.78 is 0. The number of amides is 1. The van der Waals surface area contributed by atoms with Crippen LogP contribution in [-0.4, -0.2) is 17.7 Å². The van der Waals surface area contributed by atoms with Crippen molar-refractivity contribution in [1.82, 2.24) is 5.32 Å². The second-order valence-corrected chi connectivity index (χ2v) is 7.34. The number of nitrogens with zero attached hydrogens (tertiary/aromatic N) is 1. The third-order valence-electron chi connectivity index (χ3n) is 3.39. The minimum absolute atomic E-state index is 0.111. The van der Waals surface area contributed by atoms with E-state index in [4.69, 9.17) is 5.26 Å². The lowest BCUT2D eigenvalue weighted by Crippen LogP contribution is -2.43. The molecule has 0 aromatic heterocycles. The molecule has 2 aromatic carbocycles. The van der Waals surface area contributed by atoms with E-state index in [2.05, 4.69) is 35.7 Å². The number of thioether (sulfide) groups is 1. The molecule has 0 fully saturated rings. The topological polar surface area (TPSA) is 52.9 Å². The number of benzene rings is 2. The van der Waals surface area contributed by atoms with E-state index < -0.39 is 6.04 Å².